The number of piperidine rings is 1. The molecule has 0 radical (unpaired) electrons. The molecule has 1 fully saturated rings. The highest BCUT2D eigenvalue weighted by Crippen LogP contribution is 2.27. The summed E-state index contributed by atoms with van der Waals surface area (Å²) in [6.45, 7) is 2.13. The fraction of sp³-hybridized carbons (Fsp3) is 0.350. The van der Waals surface area contributed by atoms with Crippen LogP contribution in [0.2, 0.25) is 0 Å². The molecule has 0 atom stereocenters. The maximum absolute atomic E-state index is 13.1. The van der Waals surface area contributed by atoms with E-state index in [0.29, 0.717) is 29.8 Å². The van der Waals surface area contributed by atoms with E-state index in [1.54, 1.807) is 25.3 Å². The summed E-state index contributed by atoms with van der Waals surface area (Å²) in [5.41, 5.74) is 0.768. The van der Waals surface area contributed by atoms with Gasteiger partial charge in [-0.1, -0.05) is 0 Å². The summed E-state index contributed by atoms with van der Waals surface area (Å²) in [4.78, 5) is 28.4. The molecule has 0 unspecified atom stereocenters. The first-order chi connectivity index (χ1) is 14.2. The van der Waals surface area contributed by atoms with Gasteiger partial charge in [0.2, 0.25) is 15.9 Å². The van der Waals surface area contributed by atoms with Gasteiger partial charge in [-0.2, -0.15) is 4.31 Å². The fourth-order valence-corrected chi connectivity index (χ4v) is 5.27. The number of amides is 1. The lowest BCUT2D eigenvalue weighted by Gasteiger charge is -2.30. The van der Waals surface area contributed by atoms with Crippen LogP contribution in [0.1, 0.15) is 28.8 Å². The number of esters is 1. The zero-order valence-corrected chi connectivity index (χ0v) is 19.0. The largest absolute Gasteiger partial charge is 0.465 e. The molecular weight excluding hydrogens is 474 g/mol. The zero-order chi connectivity index (χ0) is 21.9. The smallest absolute Gasteiger partial charge is 0.337 e. The Balaban J connectivity index is 1.65. The highest BCUT2D eigenvalue weighted by Gasteiger charge is 2.33. The molecule has 10 heteroatoms. The van der Waals surface area contributed by atoms with Crippen LogP contribution < -0.4 is 5.32 Å². The van der Waals surface area contributed by atoms with Crippen molar-refractivity contribution in [1.29, 1.82) is 0 Å². The van der Waals surface area contributed by atoms with Crippen molar-refractivity contribution in [2.45, 2.75) is 24.7 Å². The maximum Gasteiger partial charge on any atom is 0.337 e. The number of carbonyl (C=O) groups is 2. The van der Waals surface area contributed by atoms with Crippen LogP contribution in [0.15, 0.2) is 45.9 Å². The highest BCUT2D eigenvalue weighted by molar-refractivity contribution is 9.10. The van der Waals surface area contributed by atoms with Crippen LogP contribution in [0.4, 0.5) is 5.82 Å². The molecule has 30 heavy (non-hydrogen) atoms. The van der Waals surface area contributed by atoms with E-state index in [0.717, 1.165) is 4.47 Å². The number of halogens is 1. The molecule has 0 saturated carbocycles. The lowest BCUT2D eigenvalue weighted by atomic mass is 9.97. The first-order valence-corrected chi connectivity index (χ1v) is 11.6. The van der Waals surface area contributed by atoms with Gasteiger partial charge >= 0.3 is 5.97 Å². The number of nitrogens with one attached hydrogen (secondary N) is 1. The van der Waals surface area contributed by atoms with Gasteiger partial charge in [-0.15, -0.1) is 0 Å². The van der Waals surface area contributed by atoms with Crippen molar-refractivity contribution in [1.82, 2.24) is 9.29 Å². The van der Waals surface area contributed by atoms with Crippen molar-refractivity contribution in [3.05, 3.63) is 52.1 Å². The van der Waals surface area contributed by atoms with E-state index in [4.69, 9.17) is 0 Å². The summed E-state index contributed by atoms with van der Waals surface area (Å²) in [6, 6.07) is 7.85. The minimum Gasteiger partial charge on any atom is -0.465 e. The monoisotopic (exact) mass is 495 g/mol. The lowest BCUT2D eigenvalue weighted by Crippen LogP contribution is -2.41. The predicted molar refractivity (Wildman–Crippen MR) is 115 cm³/mol. The normalized spacial score (nSPS) is 15.6. The number of sulfonamides is 1. The van der Waals surface area contributed by atoms with Crippen LogP contribution in [0.3, 0.4) is 0 Å². The van der Waals surface area contributed by atoms with Gasteiger partial charge < -0.3 is 10.1 Å². The van der Waals surface area contributed by atoms with E-state index < -0.39 is 16.0 Å². The number of rotatable bonds is 5. The second-order valence-electron chi connectivity index (χ2n) is 7.00. The molecule has 3 rings (SSSR count). The van der Waals surface area contributed by atoms with Gasteiger partial charge in [0, 0.05) is 29.7 Å². The molecule has 1 N–H and O–H groups in total. The Morgan fingerprint density at radius 1 is 1.20 bits per heavy atom. The number of aryl methyl sites for hydroxylation is 1. The van der Waals surface area contributed by atoms with E-state index in [1.807, 2.05) is 0 Å². The van der Waals surface area contributed by atoms with E-state index in [2.05, 4.69) is 31.0 Å². The van der Waals surface area contributed by atoms with Gasteiger partial charge in [-0.3, -0.25) is 4.79 Å². The SMILES string of the molecule is COC(=O)c1ccc(S(=O)(=O)N2CCC(C(=O)Nc3ccc(Br)cn3)CC2)c(C)c1. The number of hydrogen-bond acceptors (Lipinski definition) is 6. The molecule has 2 heterocycles. The summed E-state index contributed by atoms with van der Waals surface area (Å²) < 4.78 is 33.0. The highest BCUT2D eigenvalue weighted by atomic mass is 79.9. The van der Waals surface area contributed by atoms with Crippen molar-refractivity contribution in [2.24, 2.45) is 5.92 Å². The standard InChI is InChI=1S/C20H22BrN3O5S/c1-13-11-15(20(26)29-2)3-5-17(13)30(27,28)24-9-7-14(8-10-24)19(25)23-18-6-4-16(21)12-22-18/h3-6,11-12,14H,7-10H2,1-2H3,(H,22,23,25). The lowest BCUT2D eigenvalue weighted by molar-refractivity contribution is -0.120. The summed E-state index contributed by atoms with van der Waals surface area (Å²) in [5.74, 6) is -0.515. The Hall–Kier alpha value is -2.30. The van der Waals surface area contributed by atoms with Crippen LogP contribution in [0.5, 0.6) is 0 Å². The molecule has 1 aromatic carbocycles. The van der Waals surface area contributed by atoms with Gasteiger partial charge in [0.25, 0.3) is 0 Å². The van der Waals surface area contributed by atoms with Crippen LogP contribution in [-0.2, 0) is 19.6 Å². The molecule has 1 aromatic heterocycles. The van der Waals surface area contributed by atoms with Crippen molar-refractivity contribution < 1.29 is 22.7 Å². The molecule has 0 spiro atoms. The Kier molecular flexibility index (Phi) is 6.89. The average molecular weight is 496 g/mol. The number of methoxy groups -OCH3 is 1. The average Bonchev–Trinajstić information content (AvgIpc) is 2.74. The number of hydrogen-bond donors (Lipinski definition) is 1. The van der Waals surface area contributed by atoms with Crippen molar-refractivity contribution in [3.63, 3.8) is 0 Å². The topological polar surface area (TPSA) is 106 Å². The molecule has 2 aromatic rings. The van der Waals surface area contributed by atoms with Crippen LogP contribution >= 0.6 is 15.9 Å². The van der Waals surface area contributed by atoms with Gasteiger partial charge in [0.1, 0.15) is 5.82 Å². The Labute approximate surface area is 183 Å². The number of nitrogens with zero attached hydrogens (tertiary/aromatic N) is 2. The van der Waals surface area contributed by atoms with E-state index in [1.165, 1.54) is 29.6 Å². The Morgan fingerprint density at radius 3 is 2.47 bits per heavy atom. The number of benzene rings is 1. The first kappa shape index (κ1) is 22.4. The number of pyridine rings is 1. The summed E-state index contributed by atoms with van der Waals surface area (Å²) in [7, 11) is -2.45. The van der Waals surface area contributed by atoms with Crippen molar-refractivity contribution in [3.8, 4) is 0 Å². The summed E-state index contributed by atoms with van der Waals surface area (Å²) >= 11 is 3.29. The molecule has 1 aliphatic heterocycles. The number of ether oxygens (including phenoxy) is 1. The third-order valence-electron chi connectivity index (χ3n) is 5.02. The molecule has 1 saturated heterocycles. The summed E-state index contributed by atoms with van der Waals surface area (Å²) in [6.07, 6.45) is 2.43. The van der Waals surface area contributed by atoms with Crippen molar-refractivity contribution in [2.75, 3.05) is 25.5 Å². The minimum atomic E-state index is -3.72. The maximum atomic E-state index is 13.1. The van der Waals surface area contributed by atoms with E-state index >= 15 is 0 Å². The number of anilines is 1. The molecule has 1 aliphatic rings. The second kappa shape index (κ2) is 9.23. The van der Waals surface area contributed by atoms with Crippen LogP contribution in [0, 0.1) is 12.8 Å². The fourth-order valence-electron chi connectivity index (χ4n) is 3.36. The van der Waals surface area contributed by atoms with Gasteiger partial charge in [-0.25, -0.2) is 18.2 Å². The molecule has 8 nitrogen and oxygen atoms in total. The minimum absolute atomic E-state index is 0.150. The predicted octanol–water partition coefficient (Wildman–Crippen LogP) is 2.98. The Bertz CT molecular complexity index is 1050. The second-order valence-corrected chi connectivity index (χ2v) is 9.82. The summed E-state index contributed by atoms with van der Waals surface area (Å²) in [5, 5.41) is 2.77. The van der Waals surface area contributed by atoms with Crippen LogP contribution in [-0.4, -0.2) is 49.8 Å². The molecule has 0 bridgehead atoms. The third kappa shape index (κ3) is 4.88. The zero-order valence-electron chi connectivity index (χ0n) is 16.6. The van der Waals surface area contributed by atoms with Gasteiger partial charge in [0.05, 0.1) is 17.6 Å². The quantitative estimate of drug-likeness (QED) is 0.639. The first-order valence-electron chi connectivity index (χ1n) is 9.34. The number of aromatic nitrogens is 1. The third-order valence-corrected chi connectivity index (χ3v) is 7.55. The number of carbonyl (C=O) groups excluding carboxylic acids is 2. The molecule has 0 aliphatic carbocycles. The van der Waals surface area contributed by atoms with Crippen LogP contribution in [0.25, 0.3) is 0 Å². The van der Waals surface area contributed by atoms with Crippen molar-refractivity contribution >= 4 is 43.6 Å². The molecule has 160 valence electrons. The molecule has 1 amide bonds. The molecular formula is C20H22BrN3O5S. The van der Waals surface area contributed by atoms with E-state index in [-0.39, 0.29) is 29.8 Å². The van der Waals surface area contributed by atoms with Gasteiger partial charge in [0.15, 0.2) is 0 Å². The Morgan fingerprint density at radius 2 is 1.90 bits per heavy atom. The van der Waals surface area contributed by atoms with Gasteiger partial charge in [-0.05, 0) is 71.6 Å². The van der Waals surface area contributed by atoms with E-state index in [9.17, 15) is 18.0 Å².